The van der Waals surface area contributed by atoms with Gasteiger partial charge in [0.1, 0.15) is 0 Å². The molecule has 156 valence electrons. The fraction of sp³-hybridized carbons (Fsp3) is 0.478. The summed E-state index contributed by atoms with van der Waals surface area (Å²) in [5.74, 6) is 0.261. The Labute approximate surface area is 171 Å². The zero-order valence-electron chi connectivity index (χ0n) is 17.2. The zero-order chi connectivity index (χ0) is 20.7. The third kappa shape index (κ3) is 5.00. The minimum atomic E-state index is -0.525. The van der Waals surface area contributed by atoms with Gasteiger partial charge in [0, 0.05) is 19.2 Å². The predicted octanol–water partition coefficient (Wildman–Crippen LogP) is 4.10. The van der Waals surface area contributed by atoms with Crippen LogP contribution in [-0.2, 0) is 16.0 Å². The Bertz CT molecular complexity index is 806. The number of benzene rings is 1. The molecule has 6 heteroatoms. The highest BCUT2D eigenvalue weighted by molar-refractivity contribution is 5.92. The molecule has 1 aliphatic rings. The number of furan rings is 1. The van der Waals surface area contributed by atoms with E-state index in [4.69, 9.17) is 13.9 Å². The van der Waals surface area contributed by atoms with E-state index in [-0.39, 0.29) is 17.6 Å². The molecule has 0 unspecified atom stereocenters. The molecular formula is C23H29NO5. The van der Waals surface area contributed by atoms with E-state index in [1.807, 2.05) is 25.1 Å². The number of ether oxygens (including phenoxy) is 2. The first-order chi connectivity index (χ1) is 14.1. The Kier molecular flexibility index (Phi) is 6.96. The van der Waals surface area contributed by atoms with Crippen LogP contribution >= 0.6 is 0 Å². The van der Waals surface area contributed by atoms with Crippen molar-refractivity contribution in [3.05, 3.63) is 53.8 Å². The predicted molar refractivity (Wildman–Crippen MR) is 109 cm³/mol. The van der Waals surface area contributed by atoms with Gasteiger partial charge < -0.3 is 18.8 Å². The lowest BCUT2D eigenvalue weighted by molar-refractivity contribution is -0.159. The van der Waals surface area contributed by atoms with Crippen LogP contribution < -0.4 is 4.74 Å². The van der Waals surface area contributed by atoms with E-state index < -0.39 is 5.41 Å². The third-order valence-corrected chi connectivity index (χ3v) is 5.67. The number of esters is 1. The number of piperidine rings is 1. The lowest BCUT2D eigenvalue weighted by Gasteiger charge is -2.39. The number of carbonyl (C=O) groups excluding carboxylic acids is 2. The van der Waals surface area contributed by atoms with Crippen molar-refractivity contribution in [2.45, 2.75) is 39.0 Å². The highest BCUT2D eigenvalue weighted by Gasteiger charge is 2.43. The number of likely N-dealkylation sites (tertiary alicyclic amines) is 1. The van der Waals surface area contributed by atoms with Gasteiger partial charge in [-0.15, -0.1) is 0 Å². The second-order valence-corrected chi connectivity index (χ2v) is 7.45. The van der Waals surface area contributed by atoms with Crippen molar-refractivity contribution in [3.8, 4) is 5.95 Å². The summed E-state index contributed by atoms with van der Waals surface area (Å²) in [6.45, 7) is 3.21. The molecule has 1 aromatic heterocycles. The normalized spacial score (nSPS) is 15.7. The van der Waals surface area contributed by atoms with Crippen LogP contribution in [-0.4, -0.2) is 43.6 Å². The molecule has 0 bridgehead atoms. The Morgan fingerprint density at radius 3 is 2.45 bits per heavy atom. The van der Waals surface area contributed by atoms with Crippen LogP contribution in [0.3, 0.4) is 0 Å². The Balaban J connectivity index is 1.62. The van der Waals surface area contributed by atoms with Crippen molar-refractivity contribution >= 4 is 11.9 Å². The molecule has 29 heavy (non-hydrogen) atoms. The first kappa shape index (κ1) is 21.0. The summed E-state index contributed by atoms with van der Waals surface area (Å²) < 4.78 is 15.8. The first-order valence-corrected chi connectivity index (χ1v) is 10.2. The van der Waals surface area contributed by atoms with Gasteiger partial charge in [-0.3, -0.25) is 9.59 Å². The highest BCUT2D eigenvalue weighted by Crippen LogP contribution is 2.38. The van der Waals surface area contributed by atoms with Gasteiger partial charge in [0.25, 0.3) is 11.9 Å². The smallest absolute Gasteiger partial charge is 0.312 e. The fourth-order valence-corrected chi connectivity index (χ4v) is 3.95. The standard InChI is InChI=1S/C23H29NO5/c1-3-28-22(26)23(13-7-10-18-8-5-4-6-9-18)14-16-24(17-15-23)21(25)19-11-12-20(27-2)29-19/h4-6,8-9,11-12H,3,7,10,13-17H2,1-2H3. The minimum Gasteiger partial charge on any atom is -0.468 e. The topological polar surface area (TPSA) is 69.0 Å². The molecule has 1 aromatic carbocycles. The van der Waals surface area contributed by atoms with Crippen LogP contribution in [0.4, 0.5) is 0 Å². The summed E-state index contributed by atoms with van der Waals surface area (Å²) in [5, 5.41) is 0. The lowest BCUT2D eigenvalue weighted by atomic mass is 9.74. The van der Waals surface area contributed by atoms with Gasteiger partial charge >= 0.3 is 5.97 Å². The molecule has 6 nitrogen and oxygen atoms in total. The number of rotatable bonds is 8. The zero-order valence-corrected chi connectivity index (χ0v) is 17.2. The van der Waals surface area contributed by atoms with Crippen molar-refractivity contribution in [1.29, 1.82) is 0 Å². The van der Waals surface area contributed by atoms with Gasteiger partial charge in [-0.1, -0.05) is 30.3 Å². The average Bonchev–Trinajstić information content (AvgIpc) is 3.24. The van der Waals surface area contributed by atoms with Crippen molar-refractivity contribution in [3.63, 3.8) is 0 Å². The molecule has 2 heterocycles. The molecule has 0 aliphatic carbocycles. The van der Waals surface area contributed by atoms with Crippen molar-refractivity contribution < 1.29 is 23.5 Å². The van der Waals surface area contributed by atoms with Crippen LogP contribution in [0.2, 0.25) is 0 Å². The lowest BCUT2D eigenvalue weighted by Crippen LogP contribution is -2.47. The molecule has 0 radical (unpaired) electrons. The molecule has 0 spiro atoms. The number of hydrogen-bond donors (Lipinski definition) is 0. The van der Waals surface area contributed by atoms with Gasteiger partial charge in [0.05, 0.1) is 19.1 Å². The van der Waals surface area contributed by atoms with E-state index in [1.165, 1.54) is 12.7 Å². The van der Waals surface area contributed by atoms with Crippen LogP contribution in [0.1, 0.15) is 48.7 Å². The van der Waals surface area contributed by atoms with Crippen molar-refractivity contribution in [2.24, 2.45) is 5.41 Å². The van der Waals surface area contributed by atoms with Gasteiger partial charge in [0.2, 0.25) is 0 Å². The van der Waals surface area contributed by atoms with E-state index in [2.05, 4.69) is 12.1 Å². The van der Waals surface area contributed by atoms with E-state index >= 15 is 0 Å². The van der Waals surface area contributed by atoms with Crippen LogP contribution in [0, 0.1) is 5.41 Å². The molecule has 1 fully saturated rings. The summed E-state index contributed by atoms with van der Waals surface area (Å²) in [6.07, 6.45) is 3.80. The van der Waals surface area contributed by atoms with Crippen molar-refractivity contribution in [2.75, 3.05) is 26.8 Å². The Morgan fingerprint density at radius 1 is 1.10 bits per heavy atom. The Hall–Kier alpha value is -2.76. The second-order valence-electron chi connectivity index (χ2n) is 7.45. The van der Waals surface area contributed by atoms with Crippen LogP contribution in [0.5, 0.6) is 5.95 Å². The maximum atomic E-state index is 12.8. The molecule has 3 rings (SSSR count). The molecule has 0 N–H and O–H groups in total. The molecule has 0 saturated carbocycles. The summed E-state index contributed by atoms with van der Waals surface area (Å²) >= 11 is 0. The third-order valence-electron chi connectivity index (χ3n) is 5.67. The minimum absolute atomic E-state index is 0.139. The van der Waals surface area contributed by atoms with Gasteiger partial charge in [-0.25, -0.2) is 0 Å². The maximum Gasteiger partial charge on any atom is 0.312 e. The SMILES string of the molecule is CCOC(=O)C1(CCCc2ccccc2)CCN(C(=O)c2ccc(OC)o2)CC1. The number of nitrogens with zero attached hydrogens (tertiary/aromatic N) is 1. The first-order valence-electron chi connectivity index (χ1n) is 10.2. The monoisotopic (exact) mass is 399 g/mol. The quantitative estimate of drug-likeness (QED) is 0.625. The molecule has 0 atom stereocenters. The highest BCUT2D eigenvalue weighted by atomic mass is 16.6. The summed E-state index contributed by atoms with van der Waals surface area (Å²) in [6, 6.07) is 13.5. The van der Waals surface area contributed by atoms with E-state index in [0.717, 1.165) is 19.3 Å². The number of hydrogen-bond acceptors (Lipinski definition) is 5. The van der Waals surface area contributed by atoms with Crippen LogP contribution in [0.15, 0.2) is 46.9 Å². The summed E-state index contributed by atoms with van der Waals surface area (Å²) in [7, 11) is 1.50. The molecular weight excluding hydrogens is 370 g/mol. The van der Waals surface area contributed by atoms with Crippen LogP contribution in [0.25, 0.3) is 0 Å². The average molecular weight is 399 g/mol. The summed E-state index contributed by atoms with van der Waals surface area (Å²) in [5.41, 5.74) is 0.744. The second kappa shape index (κ2) is 9.63. The van der Waals surface area contributed by atoms with Crippen molar-refractivity contribution in [1.82, 2.24) is 4.90 Å². The maximum absolute atomic E-state index is 12.8. The van der Waals surface area contributed by atoms with E-state index in [1.54, 1.807) is 17.0 Å². The molecule has 1 saturated heterocycles. The number of carbonyl (C=O) groups is 2. The largest absolute Gasteiger partial charge is 0.468 e. The number of aryl methyl sites for hydroxylation is 1. The molecule has 2 aromatic rings. The van der Waals surface area contributed by atoms with Gasteiger partial charge in [-0.2, -0.15) is 0 Å². The number of methoxy groups -OCH3 is 1. The Morgan fingerprint density at radius 2 is 1.83 bits per heavy atom. The summed E-state index contributed by atoms with van der Waals surface area (Å²) in [4.78, 5) is 27.2. The van der Waals surface area contributed by atoms with E-state index in [9.17, 15) is 9.59 Å². The molecule has 1 amide bonds. The number of amides is 1. The van der Waals surface area contributed by atoms with Gasteiger partial charge in [0.15, 0.2) is 5.76 Å². The fourth-order valence-electron chi connectivity index (χ4n) is 3.95. The van der Waals surface area contributed by atoms with Gasteiger partial charge in [-0.05, 0) is 50.7 Å². The molecule has 1 aliphatic heterocycles. The van der Waals surface area contributed by atoms with E-state index in [0.29, 0.717) is 38.5 Å².